The van der Waals surface area contributed by atoms with Crippen LogP contribution in [0.2, 0.25) is 0 Å². The highest BCUT2D eigenvalue weighted by molar-refractivity contribution is 7.22. The van der Waals surface area contributed by atoms with Gasteiger partial charge in [-0.3, -0.25) is 14.2 Å². The number of thiazole rings is 1. The number of pyridine rings is 1. The fourth-order valence-electron chi connectivity index (χ4n) is 2.70. The molecule has 3 heterocycles. The maximum Gasteiger partial charge on any atom is 0.252 e. The van der Waals surface area contributed by atoms with Crippen molar-refractivity contribution in [1.29, 1.82) is 0 Å². The van der Waals surface area contributed by atoms with E-state index in [0.29, 0.717) is 10.8 Å². The number of carbonyl (C=O) groups excluding carboxylic acids is 1. The highest BCUT2D eigenvalue weighted by Crippen LogP contribution is 2.29. The lowest BCUT2D eigenvalue weighted by molar-refractivity contribution is -0.116. The fraction of sp³-hybridized carbons (Fsp3) is 0.176. The minimum Gasteiger partial charge on any atom is -0.497 e. The predicted octanol–water partition coefficient (Wildman–Crippen LogP) is 1.99. The SMILES string of the molecule is COc1ccc2nc(NC(=O)Cn3cnc4c3ccc(=O)n4C)sc2c1. The Morgan fingerprint density at radius 2 is 2.15 bits per heavy atom. The fourth-order valence-corrected chi connectivity index (χ4v) is 3.61. The summed E-state index contributed by atoms with van der Waals surface area (Å²) in [6, 6.07) is 8.69. The molecule has 0 atom stereocenters. The molecule has 0 aliphatic rings. The van der Waals surface area contributed by atoms with Crippen LogP contribution in [0.4, 0.5) is 5.13 Å². The Bertz CT molecular complexity index is 1190. The lowest BCUT2D eigenvalue weighted by Crippen LogP contribution is -2.19. The van der Waals surface area contributed by atoms with Crippen molar-refractivity contribution in [3.05, 3.63) is 47.0 Å². The van der Waals surface area contributed by atoms with E-state index >= 15 is 0 Å². The summed E-state index contributed by atoms with van der Waals surface area (Å²) in [4.78, 5) is 32.7. The number of benzene rings is 1. The number of ether oxygens (including phenoxy) is 1. The molecule has 0 saturated heterocycles. The van der Waals surface area contributed by atoms with Crippen LogP contribution >= 0.6 is 11.3 Å². The summed E-state index contributed by atoms with van der Waals surface area (Å²) in [6.45, 7) is 0.0773. The van der Waals surface area contributed by atoms with Crippen LogP contribution in [0.1, 0.15) is 0 Å². The molecule has 132 valence electrons. The maximum atomic E-state index is 12.4. The van der Waals surface area contributed by atoms with Crippen molar-refractivity contribution in [2.45, 2.75) is 6.54 Å². The van der Waals surface area contributed by atoms with Crippen molar-refractivity contribution >= 4 is 43.8 Å². The number of anilines is 1. The molecular weight excluding hydrogens is 354 g/mol. The number of hydrogen-bond acceptors (Lipinski definition) is 6. The van der Waals surface area contributed by atoms with E-state index in [1.54, 1.807) is 31.1 Å². The maximum absolute atomic E-state index is 12.4. The highest BCUT2D eigenvalue weighted by atomic mass is 32.1. The quantitative estimate of drug-likeness (QED) is 0.594. The van der Waals surface area contributed by atoms with Crippen molar-refractivity contribution in [1.82, 2.24) is 19.1 Å². The van der Waals surface area contributed by atoms with Crippen molar-refractivity contribution in [2.24, 2.45) is 7.05 Å². The first-order chi connectivity index (χ1) is 12.5. The van der Waals surface area contributed by atoms with Crippen molar-refractivity contribution in [3.8, 4) is 5.75 Å². The van der Waals surface area contributed by atoms with Gasteiger partial charge in [-0.15, -0.1) is 0 Å². The van der Waals surface area contributed by atoms with Gasteiger partial charge in [-0.05, 0) is 24.3 Å². The van der Waals surface area contributed by atoms with E-state index in [1.807, 2.05) is 18.2 Å². The summed E-state index contributed by atoms with van der Waals surface area (Å²) in [7, 11) is 3.26. The Balaban J connectivity index is 1.56. The standard InChI is InChI=1S/C17H15N5O3S/c1-21-15(24)6-5-12-16(21)18-9-22(12)8-14(23)20-17-19-11-4-3-10(25-2)7-13(11)26-17/h3-7,9H,8H2,1-2H3,(H,19,20,23). The zero-order chi connectivity index (χ0) is 18.3. The second-order valence-electron chi connectivity index (χ2n) is 5.71. The van der Waals surface area contributed by atoms with Gasteiger partial charge in [0.25, 0.3) is 5.56 Å². The van der Waals surface area contributed by atoms with Gasteiger partial charge in [-0.1, -0.05) is 11.3 Å². The molecule has 0 aliphatic heterocycles. The molecule has 1 amide bonds. The molecule has 9 heteroatoms. The number of carbonyl (C=O) groups is 1. The normalized spacial score (nSPS) is 11.2. The summed E-state index contributed by atoms with van der Waals surface area (Å²) in [5.74, 6) is 0.527. The number of methoxy groups -OCH3 is 1. The van der Waals surface area contributed by atoms with Gasteiger partial charge in [-0.2, -0.15) is 0 Å². The summed E-state index contributed by atoms with van der Waals surface area (Å²) in [5.41, 5.74) is 1.92. The Morgan fingerprint density at radius 3 is 2.96 bits per heavy atom. The third kappa shape index (κ3) is 2.82. The van der Waals surface area contributed by atoms with Gasteiger partial charge < -0.3 is 14.6 Å². The van der Waals surface area contributed by atoms with E-state index in [0.717, 1.165) is 21.5 Å². The number of nitrogens with one attached hydrogen (secondary N) is 1. The molecule has 0 aliphatic carbocycles. The van der Waals surface area contributed by atoms with E-state index < -0.39 is 0 Å². The van der Waals surface area contributed by atoms with Crippen LogP contribution in [0.5, 0.6) is 5.75 Å². The average molecular weight is 369 g/mol. The zero-order valence-corrected chi connectivity index (χ0v) is 14.9. The lowest BCUT2D eigenvalue weighted by Gasteiger charge is -2.04. The number of rotatable bonds is 4. The van der Waals surface area contributed by atoms with Gasteiger partial charge in [0, 0.05) is 13.1 Å². The zero-order valence-electron chi connectivity index (χ0n) is 14.1. The first kappa shape index (κ1) is 16.3. The van der Waals surface area contributed by atoms with Gasteiger partial charge in [0.15, 0.2) is 10.8 Å². The van der Waals surface area contributed by atoms with Crippen LogP contribution in [0.15, 0.2) is 41.5 Å². The second kappa shape index (κ2) is 6.26. The van der Waals surface area contributed by atoms with Crippen LogP contribution in [-0.2, 0) is 18.4 Å². The number of fused-ring (bicyclic) bond motifs is 2. The Morgan fingerprint density at radius 1 is 1.31 bits per heavy atom. The smallest absolute Gasteiger partial charge is 0.252 e. The molecule has 1 aromatic carbocycles. The second-order valence-corrected chi connectivity index (χ2v) is 6.74. The molecule has 4 rings (SSSR count). The van der Waals surface area contributed by atoms with Crippen LogP contribution in [-0.4, -0.2) is 32.1 Å². The van der Waals surface area contributed by atoms with Crippen LogP contribution in [0, 0.1) is 0 Å². The van der Waals surface area contributed by atoms with E-state index in [4.69, 9.17) is 4.74 Å². The third-order valence-electron chi connectivity index (χ3n) is 4.05. The first-order valence-electron chi connectivity index (χ1n) is 7.80. The van der Waals surface area contributed by atoms with Gasteiger partial charge >= 0.3 is 0 Å². The Kier molecular flexibility index (Phi) is 3.92. The minimum absolute atomic E-state index is 0.0773. The number of aryl methyl sites for hydroxylation is 1. The number of aromatic nitrogens is 4. The topological polar surface area (TPSA) is 91.0 Å². The first-order valence-corrected chi connectivity index (χ1v) is 8.62. The minimum atomic E-state index is -0.218. The summed E-state index contributed by atoms with van der Waals surface area (Å²) in [6.07, 6.45) is 1.55. The molecule has 0 spiro atoms. The highest BCUT2D eigenvalue weighted by Gasteiger charge is 2.12. The van der Waals surface area contributed by atoms with Crippen LogP contribution < -0.4 is 15.6 Å². The summed E-state index contributed by atoms with van der Waals surface area (Å²) in [5, 5.41) is 3.33. The Labute approximate surface area is 151 Å². The third-order valence-corrected chi connectivity index (χ3v) is 4.98. The van der Waals surface area contributed by atoms with Gasteiger partial charge in [0.05, 0.1) is 29.2 Å². The van der Waals surface area contributed by atoms with E-state index in [-0.39, 0.29) is 18.0 Å². The summed E-state index contributed by atoms with van der Waals surface area (Å²) >= 11 is 1.38. The molecule has 0 saturated carbocycles. The van der Waals surface area contributed by atoms with E-state index in [2.05, 4.69) is 15.3 Å². The number of imidazole rings is 1. The van der Waals surface area contributed by atoms with Crippen molar-refractivity contribution < 1.29 is 9.53 Å². The van der Waals surface area contributed by atoms with Crippen LogP contribution in [0.25, 0.3) is 21.4 Å². The molecule has 0 bridgehead atoms. The average Bonchev–Trinajstić information content (AvgIpc) is 3.21. The van der Waals surface area contributed by atoms with Gasteiger partial charge in [-0.25, -0.2) is 9.97 Å². The molecule has 0 unspecified atom stereocenters. The van der Waals surface area contributed by atoms with E-state index in [1.165, 1.54) is 22.0 Å². The molecule has 3 aromatic heterocycles. The van der Waals surface area contributed by atoms with Crippen molar-refractivity contribution in [3.63, 3.8) is 0 Å². The molecule has 26 heavy (non-hydrogen) atoms. The molecule has 4 aromatic rings. The lowest BCUT2D eigenvalue weighted by atomic mass is 10.3. The number of nitrogens with zero attached hydrogens (tertiary/aromatic N) is 4. The largest absolute Gasteiger partial charge is 0.497 e. The van der Waals surface area contributed by atoms with Crippen LogP contribution in [0.3, 0.4) is 0 Å². The molecular formula is C17H15N5O3S. The predicted molar refractivity (Wildman–Crippen MR) is 99.8 cm³/mol. The number of hydrogen-bond donors (Lipinski definition) is 1. The van der Waals surface area contributed by atoms with Gasteiger partial charge in [0.2, 0.25) is 5.91 Å². The van der Waals surface area contributed by atoms with E-state index in [9.17, 15) is 9.59 Å². The molecule has 8 nitrogen and oxygen atoms in total. The molecule has 1 N–H and O–H groups in total. The summed E-state index contributed by atoms with van der Waals surface area (Å²) < 4.78 is 9.28. The number of amides is 1. The van der Waals surface area contributed by atoms with Crippen molar-refractivity contribution in [2.75, 3.05) is 12.4 Å². The van der Waals surface area contributed by atoms with Gasteiger partial charge in [0.1, 0.15) is 12.3 Å². The Hall–Kier alpha value is -3.20. The molecule has 0 radical (unpaired) electrons. The monoisotopic (exact) mass is 369 g/mol. The molecule has 0 fully saturated rings.